The van der Waals surface area contributed by atoms with Crippen LogP contribution in [0.1, 0.15) is 24.8 Å². The molecule has 0 bridgehead atoms. The van der Waals surface area contributed by atoms with Gasteiger partial charge in [-0.05, 0) is 49.1 Å². The molecule has 2 saturated heterocycles. The quantitative estimate of drug-likeness (QED) is 0.660. The van der Waals surface area contributed by atoms with E-state index >= 15 is 0 Å². The average Bonchev–Trinajstić information content (AvgIpc) is 3.34. The number of nitrogens with zero attached hydrogens (tertiary/aromatic N) is 2. The van der Waals surface area contributed by atoms with Crippen molar-refractivity contribution in [2.75, 3.05) is 49.6 Å². The van der Waals surface area contributed by atoms with Gasteiger partial charge in [0.2, 0.25) is 15.9 Å². The summed E-state index contributed by atoms with van der Waals surface area (Å²) < 4.78 is 33.0. The first kappa shape index (κ1) is 23.0. The Bertz CT molecular complexity index is 1060. The lowest BCUT2D eigenvalue weighted by atomic mass is 10.1. The predicted molar refractivity (Wildman–Crippen MR) is 126 cm³/mol. The standard InChI is InChI=1S/C23H28ClN3O4S/c24-20-6-2-1-5-18(20)7-10-23(28)25-21-17-19(8-9-22(21)26-11-3-4-12-26)32(29,30)27-13-15-31-16-14-27/h1-2,5-6,8-9,17H,3-4,7,10-16H2,(H,25,28). The second-order valence-electron chi connectivity index (χ2n) is 8.03. The molecule has 0 radical (unpaired) electrons. The highest BCUT2D eigenvalue weighted by molar-refractivity contribution is 7.89. The molecule has 2 aliphatic rings. The number of hydrogen-bond acceptors (Lipinski definition) is 5. The molecule has 1 N–H and O–H groups in total. The SMILES string of the molecule is O=C(CCc1ccccc1Cl)Nc1cc(S(=O)(=O)N2CCOCC2)ccc1N1CCCC1. The molecule has 2 heterocycles. The van der Waals surface area contributed by atoms with E-state index in [1.807, 2.05) is 24.3 Å². The largest absolute Gasteiger partial charge is 0.379 e. The van der Waals surface area contributed by atoms with Gasteiger partial charge in [0, 0.05) is 37.6 Å². The van der Waals surface area contributed by atoms with Crippen molar-refractivity contribution < 1.29 is 17.9 Å². The van der Waals surface area contributed by atoms with Gasteiger partial charge in [-0.2, -0.15) is 4.31 Å². The molecule has 0 aliphatic carbocycles. The minimum atomic E-state index is -3.66. The monoisotopic (exact) mass is 477 g/mol. The van der Waals surface area contributed by atoms with Crippen molar-refractivity contribution in [2.24, 2.45) is 0 Å². The van der Waals surface area contributed by atoms with Gasteiger partial charge in [-0.15, -0.1) is 0 Å². The van der Waals surface area contributed by atoms with Crippen LogP contribution < -0.4 is 10.2 Å². The molecular weight excluding hydrogens is 450 g/mol. The highest BCUT2D eigenvalue weighted by atomic mass is 35.5. The van der Waals surface area contributed by atoms with Gasteiger partial charge in [-0.1, -0.05) is 29.8 Å². The number of ether oxygens (including phenoxy) is 1. The van der Waals surface area contributed by atoms with E-state index in [0.717, 1.165) is 37.2 Å². The first-order valence-electron chi connectivity index (χ1n) is 11.0. The van der Waals surface area contributed by atoms with Crippen LogP contribution in [0.5, 0.6) is 0 Å². The van der Waals surface area contributed by atoms with Gasteiger partial charge >= 0.3 is 0 Å². The highest BCUT2D eigenvalue weighted by Crippen LogP contribution is 2.33. The minimum absolute atomic E-state index is 0.175. The number of nitrogens with one attached hydrogen (secondary N) is 1. The summed E-state index contributed by atoms with van der Waals surface area (Å²) in [5, 5.41) is 3.60. The lowest BCUT2D eigenvalue weighted by molar-refractivity contribution is -0.116. The molecule has 0 aromatic heterocycles. The Morgan fingerprint density at radius 3 is 2.47 bits per heavy atom. The zero-order valence-corrected chi connectivity index (χ0v) is 19.5. The Labute approximate surface area is 194 Å². The first-order chi connectivity index (χ1) is 15.4. The summed E-state index contributed by atoms with van der Waals surface area (Å²) in [6.07, 6.45) is 2.92. The summed E-state index contributed by atoms with van der Waals surface area (Å²) in [5.41, 5.74) is 2.30. The smallest absolute Gasteiger partial charge is 0.243 e. The Balaban J connectivity index is 1.55. The van der Waals surface area contributed by atoms with E-state index in [2.05, 4.69) is 10.2 Å². The van der Waals surface area contributed by atoms with Crippen molar-refractivity contribution in [2.45, 2.75) is 30.6 Å². The second-order valence-corrected chi connectivity index (χ2v) is 10.4. The van der Waals surface area contributed by atoms with Crippen molar-refractivity contribution in [3.63, 3.8) is 0 Å². The maximum absolute atomic E-state index is 13.1. The molecule has 0 saturated carbocycles. The van der Waals surface area contributed by atoms with Crippen LogP contribution in [0.25, 0.3) is 0 Å². The number of morpholine rings is 1. The molecular formula is C23H28ClN3O4S. The lowest BCUT2D eigenvalue weighted by Gasteiger charge is -2.27. The van der Waals surface area contributed by atoms with Crippen LogP contribution in [-0.4, -0.2) is 58.0 Å². The summed E-state index contributed by atoms with van der Waals surface area (Å²) in [7, 11) is -3.66. The van der Waals surface area contributed by atoms with E-state index in [-0.39, 0.29) is 17.2 Å². The molecule has 9 heteroatoms. The number of rotatable bonds is 7. The number of amides is 1. The third kappa shape index (κ3) is 5.26. The van der Waals surface area contributed by atoms with Crippen molar-refractivity contribution in [1.29, 1.82) is 0 Å². The number of carbonyl (C=O) groups is 1. The van der Waals surface area contributed by atoms with E-state index in [4.69, 9.17) is 16.3 Å². The van der Waals surface area contributed by atoms with Gasteiger partial charge in [-0.3, -0.25) is 4.79 Å². The third-order valence-corrected chi connectivity index (χ3v) is 8.14. The molecule has 0 atom stereocenters. The number of carbonyl (C=O) groups excluding carboxylic acids is 1. The number of anilines is 2. The van der Waals surface area contributed by atoms with E-state index in [9.17, 15) is 13.2 Å². The number of halogens is 1. The van der Waals surface area contributed by atoms with Gasteiger partial charge in [0.25, 0.3) is 0 Å². The Morgan fingerprint density at radius 1 is 1.03 bits per heavy atom. The molecule has 32 heavy (non-hydrogen) atoms. The maximum Gasteiger partial charge on any atom is 0.243 e. The van der Waals surface area contributed by atoms with Crippen molar-refractivity contribution in [3.05, 3.63) is 53.1 Å². The van der Waals surface area contributed by atoms with Gasteiger partial charge < -0.3 is 15.0 Å². The molecule has 2 aromatic rings. The fraction of sp³-hybridized carbons (Fsp3) is 0.435. The lowest BCUT2D eigenvalue weighted by Crippen LogP contribution is -2.40. The van der Waals surface area contributed by atoms with E-state index < -0.39 is 10.0 Å². The zero-order chi connectivity index (χ0) is 22.6. The summed E-state index contributed by atoms with van der Waals surface area (Å²) in [5.74, 6) is -0.175. The summed E-state index contributed by atoms with van der Waals surface area (Å²) in [4.78, 5) is 15.2. The van der Waals surface area contributed by atoms with E-state index in [1.165, 1.54) is 4.31 Å². The average molecular weight is 478 g/mol. The minimum Gasteiger partial charge on any atom is -0.379 e. The van der Waals surface area contributed by atoms with E-state index in [0.29, 0.717) is 43.4 Å². The zero-order valence-electron chi connectivity index (χ0n) is 17.9. The Kier molecular flexibility index (Phi) is 7.35. The molecule has 172 valence electrons. The summed E-state index contributed by atoms with van der Waals surface area (Å²) in [6, 6.07) is 12.5. The second kappa shape index (κ2) is 10.2. The van der Waals surface area contributed by atoms with Crippen LogP contribution in [0.3, 0.4) is 0 Å². The molecule has 2 fully saturated rings. The van der Waals surface area contributed by atoms with Crippen molar-refractivity contribution >= 4 is 38.9 Å². The van der Waals surface area contributed by atoms with Gasteiger partial charge in [-0.25, -0.2) is 8.42 Å². The highest BCUT2D eigenvalue weighted by Gasteiger charge is 2.28. The van der Waals surface area contributed by atoms with Crippen molar-refractivity contribution in [3.8, 4) is 0 Å². The third-order valence-electron chi connectivity index (χ3n) is 5.88. The van der Waals surface area contributed by atoms with Crippen LogP contribution >= 0.6 is 11.6 Å². The van der Waals surface area contributed by atoms with E-state index in [1.54, 1.807) is 18.2 Å². The van der Waals surface area contributed by atoms with Gasteiger partial charge in [0.15, 0.2) is 0 Å². The molecule has 2 aromatic carbocycles. The summed E-state index contributed by atoms with van der Waals surface area (Å²) in [6.45, 7) is 3.20. The first-order valence-corrected chi connectivity index (χ1v) is 12.8. The van der Waals surface area contributed by atoms with Crippen LogP contribution in [-0.2, 0) is 26.0 Å². The number of hydrogen-bond donors (Lipinski definition) is 1. The molecule has 2 aliphatic heterocycles. The fourth-order valence-corrected chi connectivity index (χ4v) is 5.77. The topological polar surface area (TPSA) is 79.0 Å². The predicted octanol–water partition coefficient (Wildman–Crippen LogP) is 3.53. The Morgan fingerprint density at radius 2 is 1.75 bits per heavy atom. The van der Waals surface area contributed by atoms with Crippen molar-refractivity contribution in [1.82, 2.24) is 4.31 Å². The van der Waals surface area contributed by atoms with Crippen LogP contribution in [0.2, 0.25) is 5.02 Å². The van der Waals surface area contributed by atoms with Crippen LogP contribution in [0.15, 0.2) is 47.4 Å². The molecule has 1 amide bonds. The number of benzene rings is 2. The fourth-order valence-electron chi connectivity index (χ4n) is 4.11. The number of aryl methyl sites for hydroxylation is 1. The maximum atomic E-state index is 13.1. The van der Waals surface area contributed by atoms with Gasteiger partial charge in [0.1, 0.15) is 0 Å². The molecule has 7 nitrogen and oxygen atoms in total. The molecule has 0 spiro atoms. The van der Waals surface area contributed by atoms with Gasteiger partial charge in [0.05, 0.1) is 29.5 Å². The molecule has 4 rings (SSSR count). The molecule has 0 unspecified atom stereocenters. The van der Waals surface area contributed by atoms with Crippen LogP contribution in [0, 0.1) is 0 Å². The van der Waals surface area contributed by atoms with Crippen LogP contribution in [0.4, 0.5) is 11.4 Å². The normalized spacial score (nSPS) is 17.5. The summed E-state index contributed by atoms with van der Waals surface area (Å²) >= 11 is 6.21. The number of sulfonamides is 1. The Hall–Kier alpha value is -2.13.